The Labute approximate surface area is 234 Å². The monoisotopic (exact) mass is 544 g/mol. The molecule has 0 fully saturated rings. The Hall–Kier alpha value is -4.39. The van der Waals surface area contributed by atoms with Gasteiger partial charge in [0.2, 0.25) is 0 Å². The number of hydrogen-bond acceptors (Lipinski definition) is 7. The van der Waals surface area contributed by atoms with Crippen LogP contribution < -0.4 is 10.4 Å². The SMILES string of the molecule is C=C(C)COc1ccc(-c2cc3cc(CCCOC(=O)C(=C)C)cc(CCCOC(=O)C(=C)C)c3oc2=O)cc1. The Bertz CT molecular complexity index is 1480. The molecule has 3 rings (SSSR count). The van der Waals surface area contributed by atoms with E-state index in [1.54, 1.807) is 13.8 Å². The maximum Gasteiger partial charge on any atom is 0.344 e. The first-order valence-corrected chi connectivity index (χ1v) is 13.2. The largest absolute Gasteiger partial charge is 0.489 e. The summed E-state index contributed by atoms with van der Waals surface area (Å²) in [6.07, 6.45) is 2.36. The van der Waals surface area contributed by atoms with E-state index in [0.717, 1.165) is 22.1 Å². The van der Waals surface area contributed by atoms with E-state index in [2.05, 4.69) is 19.7 Å². The summed E-state index contributed by atoms with van der Waals surface area (Å²) in [5.74, 6) is -0.165. The highest BCUT2D eigenvalue weighted by Gasteiger charge is 2.14. The minimum atomic E-state index is -0.447. The smallest absolute Gasteiger partial charge is 0.344 e. The van der Waals surface area contributed by atoms with Crippen molar-refractivity contribution in [3.8, 4) is 16.9 Å². The van der Waals surface area contributed by atoms with Gasteiger partial charge in [-0.1, -0.05) is 37.9 Å². The van der Waals surface area contributed by atoms with Gasteiger partial charge in [-0.15, -0.1) is 0 Å². The van der Waals surface area contributed by atoms with Crippen LogP contribution in [0.15, 0.2) is 88.1 Å². The minimum absolute atomic E-state index is 0.219. The molecule has 0 saturated heterocycles. The summed E-state index contributed by atoms with van der Waals surface area (Å²) in [7, 11) is 0. The van der Waals surface area contributed by atoms with Crippen LogP contribution in [-0.4, -0.2) is 31.8 Å². The third-order valence-electron chi connectivity index (χ3n) is 5.98. The van der Waals surface area contributed by atoms with E-state index in [4.69, 9.17) is 18.6 Å². The summed E-state index contributed by atoms with van der Waals surface area (Å²) >= 11 is 0. The summed E-state index contributed by atoms with van der Waals surface area (Å²) in [6, 6.07) is 13.1. The van der Waals surface area contributed by atoms with Crippen molar-refractivity contribution in [2.45, 2.75) is 46.5 Å². The van der Waals surface area contributed by atoms with E-state index in [1.165, 1.54) is 0 Å². The molecular formula is C33H36O7. The first-order chi connectivity index (χ1) is 19.0. The second-order valence-corrected chi connectivity index (χ2v) is 9.93. The number of fused-ring (bicyclic) bond motifs is 1. The fourth-order valence-electron chi connectivity index (χ4n) is 3.96. The molecule has 0 aliphatic carbocycles. The first-order valence-electron chi connectivity index (χ1n) is 13.2. The fraction of sp³-hybridized carbons (Fsp3) is 0.303. The molecule has 0 aliphatic rings. The molecule has 40 heavy (non-hydrogen) atoms. The van der Waals surface area contributed by atoms with E-state index in [9.17, 15) is 14.4 Å². The molecule has 3 aromatic rings. The number of ether oxygens (including phenoxy) is 3. The van der Waals surface area contributed by atoms with E-state index in [1.807, 2.05) is 49.4 Å². The molecule has 0 aliphatic heterocycles. The number of rotatable bonds is 14. The molecule has 0 bridgehead atoms. The van der Waals surface area contributed by atoms with E-state index < -0.39 is 17.6 Å². The molecule has 1 aromatic heterocycles. The molecule has 7 nitrogen and oxygen atoms in total. The average Bonchev–Trinajstić information content (AvgIpc) is 2.92. The average molecular weight is 545 g/mol. The van der Waals surface area contributed by atoms with Crippen molar-refractivity contribution < 1.29 is 28.2 Å². The molecule has 7 heteroatoms. The summed E-state index contributed by atoms with van der Waals surface area (Å²) in [5, 5.41) is 0.780. The molecule has 0 N–H and O–H groups in total. The zero-order chi connectivity index (χ0) is 29.2. The van der Waals surface area contributed by atoms with Crippen molar-refractivity contribution in [2.75, 3.05) is 19.8 Å². The summed E-state index contributed by atoms with van der Waals surface area (Å²) in [6.45, 7) is 17.0. The Morgan fingerprint density at radius 2 is 1.43 bits per heavy atom. The van der Waals surface area contributed by atoms with Crippen molar-refractivity contribution >= 4 is 22.9 Å². The number of esters is 2. The molecule has 2 aromatic carbocycles. The lowest BCUT2D eigenvalue weighted by molar-refractivity contribution is -0.139. The van der Waals surface area contributed by atoms with Crippen LogP contribution in [0.5, 0.6) is 5.75 Å². The lowest BCUT2D eigenvalue weighted by atomic mass is 9.98. The van der Waals surface area contributed by atoms with Crippen molar-refractivity contribution in [3.05, 3.63) is 100 Å². The van der Waals surface area contributed by atoms with Gasteiger partial charge in [0.05, 0.1) is 18.8 Å². The van der Waals surface area contributed by atoms with Crippen molar-refractivity contribution in [1.82, 2.24) is 0 Å². The standard InChI is InChI=1S/C33H36O7/c1-21(2)20-39-28-13-11-25(12-14-28)29-19-27-18-24(9-7-15-37-31(34)22(3)4)17-26(30(27)40-33(29)36)10-8-16-38-32(35)23(5)6/h11-14,17-19H,1,3,5,7-10,15-16,20H2,2,4,6H3. The van der Waals surface area contributed by atoms with Gasteiger partial charge in [-0.25, -0.2) is 14.4 Å². The number of hydrogen-bond donors (Lipinski definition) is 0. The molecule has 0 spiro atoms. The van der Waals surface area contributed by atoms with Crippen LogP contribution in [-0.2, 0) is 31.9 Å². The molecule has 0 amide bonds. The van der Waals surface area contributed by atoms with E-state index in [-0.39, 0.29) is 13.2 Å². The second kappa shape index (κ2) is 14.1. The minimum Gasteiger partial charge on any atom is -0.489 e. The summed E-state index contributed by atoms with van der Waals surface area (Å²) in [5.41, 5.74) is 4.66. The Balaban J connectivity index is 1.87. The van der Waals surface area contributed by atoms with Gasteiger partial charge in [0.25, 0.3) is 0 Å². The Kier molecular flexibility index (Phi) is 10.6. The van der Waals surface area contributed by atoms with E-state index >= 15 is 0 Å². The molecule has 0 atom stereocenters. The molecule has 0 unspecified atom stereocenters. The van der Waals surface area contributed by atoms with Gasteiger partial charge in [0, 0.05) is 16.5 Å². The molecule has 210 valence electrons. The van der Waals surface area contributed by atoms with Crippen molar-refractivity contribution in [3.63, 3.8) is 0 Å². The maximum atomic E-state index is 13.1. The van der Waals surface area contributed by atoms with Gasteiger partial charge in [0.15, 0.2) is 0 Å². The highest BCUT2D eigenvalue weighted by Crippen LogP contribution is 2.27. The highest BCUT2D eigenvalue weighted by atomic mass is 16.5. The van der Waals surface area contributed by atoms with Crippen LogP contribution in [0.3, 0.4) is 0 Å². The number of benzene rings is 2. The Morgan fingerprint density at radius 3 is 2.00 bits per heavy atom. The molecule has 0 radical (unpaired) electrons. The van der Waals surface area contributed by atoms with Crippen molar-refractivity contribution in [1.29, 1.82) is 0 Å². The second-order valence-electron chi connectivity index (χ2n) is 9.93. The third-order valence-corrected chi connectivity index (χ3v) is 5.98. The van der Waals surface area contributed by atoms with Gasteiger partial charge >= 0.3 is 17.6 Å². The maximum absolute atomic E-state index is 13.1. The molecule has 1 heterocycles. The van der Waals surface area contributed by atoms with Crippen LogP contribution >= 0.6 is 0 Å². The number of carbonyl (C=O) groups excluding carboxylic acids is 2. The van der Waals surface area contributed by atoms with Crippen LogP contribution in [0.1, 0.15) is 44.7 Å². The predicted octanol–water partition coefficient (Wildman–Crippen LogP) is 6.52. The van der Waals surface area contributed by atoms with E-state index in [0.29, 0.717) is 65.9 Å². The fourth-order valence-corrected chi connectivity index (χ4v) is 3.96. The Morgan fingerprint density at radius 1 is 0.825 bits per heavy atom. The lowest BCUT2D eigenvalue weighted by Crippen LogP contribution is -2.08. The van der Waals surface area contributed by atoms with Gasteiger partial charge in [0.1, 0.15) is 17.9 Å². The van der Waals surface area contributed by atoms with Crippen LogP contribution in [0, 0.1) is 0 Å². The van der Waals surface area contributed by atoms with Crippen molar-refractivity contribution in [2.24, 2.45) is 0 Å². The normalized spacial score (nSPS) is 10.7. The van der Waals surface area contributed by atoms with Crippen LogP contribution in [0.2, 0.25) is 0 Å². The summed E-state index contributed by atoms with van der Waals surface area (Å²) in [4.78, 5) is 36.5. The molecular weight excluding hydrogens is 508 g/mol. The highest BCUT2D eigenvalue weighted by molar-refractivity contribution is 5.87. The first kappa shape index (κ1) is 30.2. The number of carbonyl (C=O) groups is 2. The van der Waals surface area contributed by atoms with Gasteiger partial charge < -0.3 is 18.6 Å². The van der Waals surface area contributed by atoms with Crippen LogP contribution in [0.4, 0.5) is 0 Å². The zero-order valence-electron chi connectivity index (χ0n) is 23.5. The quantitative estimate of drug-likeness (QED) is 0.0750. The predicted molar refractivity (Wildman–Crippen MR) is 156 cm³/mol. The van der Waals surface area contributed by atoms with Gasteiger partial charge in [-0.05, 0) is 93.0 Å². The molecule has 0 saturated carbocycles. The third kappa shape index (κ3) is 8.56. The van der Waals surface area contributed by atoms with Gasteiger partial charge in [-0.3, -0.25) is 0 Å². The lowest BCUT2D eigenvalue weighted by Gasteiger charge is -2.12. The summed E-state index contributed by atoms with van der Waals surface area (Å²) < 4.78 is 22.0. The topological polar surface area (TPSA) is 92.0 Å². The zero-order valence-corrected chi connectivity index (χ0v) is 23.5. The van der Waals surface area contributed by atoms with Crippen LogP contribution in [0.25, 0.3) is 22.1 Å². The van der Waals surface area contributed by atoms with Gasteiger partial charge in [-0.2, -0.15) is 0 Å². The number of aryl methyl sites for hydroxylation is 2.